The van der Waals surface area contributed by atoms with Crippen LogP contribution in [0.5, 0.6) is 0 Å². The van der Waals surface area contributed by atoms with Gasteiger partial charge in [0.2, 0.25) is 0 Å². The van der Waals surface area contributed by atoms with Crippen molar-refractivity contribution in [2.45, 2.75) is 44.6 Å². The van der Waals surface area contributed by atoms with Crippen molar-refractivity contribution in [2.24, 2.45) is 5.73 Å². The summed E-state index contributed by atoms with van der Waals surface area (Å²) in [6.45, 7) is 2.03. The Labute approximate surface area is 102 Å². The van der Waals surface area contributed by atoms with E-state index in [1.165, 1.54) is 42.6 Å². The molecule has 0 bridgehead atoms. The van der Waals surface area contributed by atoms with Crippen LogP contribution in [-0.2, 0) is 0 Å². The van der Waals surface area contributed by atoms with Gasteiger partial charge in [-0.05, 0) is 31.4 Å². The number of pyridine rings is 1. The summed E-state index contributed by atoms with van der Waals surface area (Å²) in [6.07, 6.45) is 9.33. The zero-order valence-electron chi connectivity index (χ0n) is 10.3. The lowest BCUT2D eigenvalue weighted by molar-refractivity contribution is 0.664. The normalized spacial score (nSPS) is 18.9. The summed E-state index contributed by atoms with van der Waals surface area (Å²) in [5.74, 6) is 1.86. The lowest BCUT2D eigenvalue weighted by Crippen LogP contribution is -2.07. The van der Waals surface area contributed by atoms with Crippen LogP contribution in [0.4, 0.5) is 0 Å². The molecule has 2 heterocycles. The maximum absolute atomic E-state index is 6.00. The fourth-order valence-corrected chi connectivity index (χ4v) is 2.93. The highest BCUT2D eigenvalue weighted by Gasteiger charge is 2.21. The maximum atomic E-state index is 6.00. The molecule has 90 valence electrons. The van der Waals surface area contributed by atoms with Gasteiger partial charge in [0.25, 0.3) is 0 Å². The molecule has 2 aromatic rings. The zero-order chi connectivity index (χ0) is 11.8. The fraction of sp³-hybridized carbons (Fsp3) is 0.500. The monoisotopic (exact) mass is 229 g/mol. The molecule has 0 radical (unpaired) electrons. The molecule has 1 saturated carbocycles. The number of nitrogens with zero attached hydrogens (tertiary/aromatic N) is 2. The van der Waals surface area contributed by atoms with Crippen molar-refractivity contribution in [3.05, 3.63) is 35.9 Å². The second-order valence-corrected chi connectivity index (χ2v) is 5.11. The predicted molar refractivity (Wildman–Crippen MR) is 69.0 cm³/mol. The Morgan fingerprint density at radius 3 is 2.88 bits per heavy atom. The van der Waals surface area contributed by atoms with E-state index in [-0.39, 0.29) is 6.04 Å². The Balaban J connectivity index is 2.12. The van der Waals surface area contributed by atoms with Crippen LogP contribution in [0.1, 0.15) is 56.0 Å². The highest BCUT2D eigenvalue weighted by atomic mass is 15.0. The average molecular weight is 229 g/mol. The van der Waals surface area contributed by atoms with Crippen LogP contribution in [-0.4, -0.2) is 9.38 Å². The van der Waals surface area contributed by atoms with Gasteiger partial charge in [-0.2, -0.15) is 0 Å². The zero-order valence-corrected chi connectivity index (χ0v) is 10.3. The van der Waals surface area contributed by atoms with Crippen LogP contribution >= 0.6 is 0 Å². The van der Waals surface area contributed by atoms with Gasteiger partial charge in [0.1, 0.15) is 5.82 Å². The van der Waals surface area contributed by atoms with Crippen molar-refractivity contribution in [1.82, 2.24) is 9.38 Å². The van der Waals surface area contributed by atoms with E-state index in [1.54, 1.807) is 0 Å². The minimum atomic E-state index is 0.0619. The molecule has 3 rings (SSSR count). The lowest BCUT2D eigenvalue weighted by atomic mass is 10.1. The second-order valence-electron chi connectivity index (χ2n) is 5.11. The molecule has 1 aliphatic carbocycles. The highest BCUT2D eigenvalue weighted by Crippen LogP contribution is 2.34. The predicted octanol–water partition coefficient (Wildman–Crippen LogP) is 3.01. The average Bonchev–Trinajstić information content (AvgIpc) is 2.96. The van der Waals surface area contributed by atoms with Gasteiger partial charge in [0, 0.05) is 18.2 Å². The third kappa shape index (κ3) is 1.75. The first-order valence-corrected chi connectivity index (χ1v) is 6.49. The van der Waals surface area contributed by atoms with Crippen LogP contribution in [0.3, 0.4) is 0 Å². The number of aromatic nitrogens is 2. The smallest absolute Gasteiger partial charge is 0.116 e. The molecular weight excluding hydrogens is 210 g/mol. The van der Waals surface area contributed by atoms with Crippen LogP contribution in [0, 0.1) is 0 Å². The van der Waals surface area contributed by atoms with Gasteiger partial charge in [-0.1, -0.05) is 18.9 Å². The van der Waals surface area contributed by atoms with Gasteiger partial charge in [-0.3, -0.25) is 0 Å². The summed E-state index contributed by atoms with van der Waals surface area (Å²) >= 11 is 0. The van der Waals surface area contributed by atoms with Gasteiger partial charge in [-0.15, -0.1) is 0 Å². The maximum Gasteiger partial charge on any atom is 0.116 e. The minimum absolute atomic E-state index is 0.0619. The Hall–Kier alpha value is -1.35. The molecule has 0 aliphatic heterocycles. The summed E-state index contributed by atoms with van der Waals surface area (Å²) in [5.41, 5.74) is 8.36. The highest BCUT2D eigenvalue weighted by molar-refractivity contribution is 5.55. The van der Waals surface area contributed by atoms with E-state index in [0.717, 1.165) is 0 Å². The molecular formula is C14H19N3. The first-order chi connectivity index (χ1) is 8.27. The van der Waals surface area contributed by atoms with Crippen molar-refractivity contribution in [1.29, 1.82) is 0 Å². The fourth-order valence-electron chi connectivity index (χ4n) is 2.93. The van der Waals surface area contributed by atoms with Gasteiger partial charge in [0.15, 0.2) is 0 Å². The van der Waals surface area contributed by atoms with E-state index >= 15 is 0 Å². The number of imidazole rings is 1. The summed E-state index contributed by atoms with van der Waals surface area (Å²) in [6, 6.07) is 4.23. The van der Waals surface area contributed by atoms with E-state index in [9.17, 15) is 0 Å². The summed E-state index contributed by atoms with van der Waals surface area (Å²) in [7, 11) is 0. The molecule has 17 heavy (non-hydrogen) atoms. The number of rotatable bonds is 2. The van der Waals surface area contributed by atoms with Gasteiger partial charge in [0.05, 0.1) is 11.7 Å². The first-order valence-electron chi connectivity index (χ1n) is 6.49. The number of hydrogen-bond donors (Lipinski definition) is 1. The molecule has 1 fully saturated rings. The molecule has 1 unspecified atom stereocenters. The molecule has 2 aromatic heterocycles. The molecule has 0 saturated heterocycles. The molecule has 3 heteroatoms. The summed E-state index contributed by atoms with van der Waals surface area (Å²) < 4.78 is 2.23. The first kappa shape index (κ1) is 10.8. The second kappa shape index (κ2) is 4.15. The Bertz CT molecular complexity index is 521. The van der Waals surface area contributed by atoms with Crippen LogP contribution in [0.15, 0.2) is 24.5 Å². The van der Waals surface area contributed by atoms with Gasteiger partial charge in [-0.25, -0.2) is 4.98 Å². The molecule has 1 atom stereocenters. The molecule has 3 nitrogen and oxygen atoms in total. The standard InChI is InChI=1S/C14H19N3/c1-10(15)12-7-4-8-17-13(12)9-16-14(17)11-5-2-3-6-11/h4,7-11H,2-3,5-6,15H2,1H3. The molecule has 0 amide bonds. The Morgan fingerprint density at radius 1 is 1.41 bits per heavy atom. The largest absolute Gasteiger partial charge is 0.324 e. The topological polar surface area (TPSA) is 43.3 Å². The van der Waals surface area contributed by atoms with Gasteiger partial charge < -0.3 is 10.1 Å². The lowest BCUT2D eigenvalue weighted by Gasteiger charge is -2.11. The number of fused-ring (bicyclic) bond motifs is 1. The minimum Gasteiger partial charge on any atom is -0.324 e. The van der Waals surface area contributed by atoms with E-state index in [1.807, 2.05) is 13.1 Å². The summed E-state index contributed by atoms with van der Waals surface area (Å²) in [4.78, 5) is 4.63. The van der Waals surface area contributed by atoms with Crippen molar-refractivity contribution < 1.29 is 0 Å². The van der Waals surface area contributed by atoms with Crippen molar-refractivity contribution >= 4 is 5.52 Å². The van der Waals surface area contributed by atoms with Crippen molar-refractivity contribution in [2.75, 3.05) is 0 Å². The molecule has 2 N–H and O–H groups in total. The number of nitrogens with two attached hydrogens (primary N) is 1. The van der Waals surface area contributed by atoms with E-state index in [2.05, 4.69) is 27.7 Å². The van der Waals surface area contributed by atoms with Gasteiger partial charge >= 0.3 is 0 Å². The molecule has 0 spiro atoms. The van der Waals surface area contributed by atoms with Crippen LogP contribution < -0.4 is 5.73 Å². The summed E-state index contributed by atoms with van der Waals surface area (Å²) in [5, 5.41) is 0. The Kier molecular flexibility index (Phi) is 2.63. The quantitative estimate of drug-likeness (QED) is 0.860. The Morgan fingerprint density at radius 2 is 2.18 bits per heavy atom. The van der Waals surface area contributed by atoms with E-state index < -0.39 is 0 Å². The molecule has 0 aromatic carbocycles. The van der Waals surface area contributed by atoms with E-state index in [0.29, 0.717) is 5.92 Å². The van der Waals surface area contributed by atoms with Crippen LogP contribution in [0.25, 0.3) is 5.52 Å². The molecule has 1 aliphatic rings. The van der Waals surface area contributed by atoms with Crippen molar-refractivity contribution in [3.63, 3.8) is 0 Å². The van der Waals surface area contributed by atoms with Crippen molar-refractivity contribution in [3.8, 4) is 0 Å². The third-order valence-corrected chi connectivity index (χ3v) is 3.84. The van der Waals surface area contributed by atoms with E-state index in [4.69, 9.17) is 5.73 Å². The third-order valence-electron chi connectivity index (χ3n) is 3.84. The van der Waals surface area contributed by atoms with Crippen LogP contribution in [0.2, 0.25) is 0 Å². The number of hydrogen-bond acceptors (Lipinski definition) is 2. The SMILES string of the molecule is CC(N)c1cccn2c(C3CCCC3)ncc12.